The summed E-state index contributed by atoms with van der Waals surface area (Å²) in [7, 11) is -2.29. The maximum atomic E-state index is 12.9. The van der Waals surface area contributed by atoms with Crippen LogP contribution in [0.2, 0.25) is 0 Å². The van der Waals surface area contributed by atoms with Crippen molar-refractivity contribution in [3.63, 3.8) is 0 Å². The predicted octanol–water partition coefficient (Wildman–Crippen LogP) is 2.67. The smallest absolute Gasteiger partial charge is 0.337 e. The van der Waals surface area contributed by atoms with Crippen LogP contribution < -0.4 is 4.80 Å². The van der Waals surface area contributed by atoms with E-state index in [2.05, 4.69) is 4.99 Å². The van der Waals surface area contributed by atoms with E-state index in [1.54, 1.807) is 30.3 Å². The summed E-state index contributed by atoms with van der Waals surface area (Å²) in [5.74, 6) is -1.13. The van der Waals surface area contributed by atoms with E-state index in [9.17, 15) is 18.0 Å². The van der Waals surface area contributed by atoms with E-state index in [-0.39, 0.29) is 10.5 Å². The second kappa shape index (κ2) is 9.54. The maximum absolute atomic E-state index is 12.9. The third kappa shape index (κ3) is 5.09. The molecule has 8 nitrogen and oxygen atoms in total. The summed E-state index contributed by atoms with van der Waals surface area (Å²) in [6.07, 6.45) is 1.05. The van der Waals surface area contributed by atoms with Gasteiger partial charge in [-0.2, -0.15) is 4.99 Å². The van der Waals surface area contributed by atoms with Gasteiger partial charge in [0.15, 0.2) is 14.6 Å². The van der Waals surface area contributed by atoms with Gasteiger partial charge in [-0.15, -0.1) is 0 Å². The first-order valence-electron chi connectivity index (χ1n) is 9.44. The van der Waals surface area contributed by atoms with Gasteiger partial charge in [0.1, 0.15) is 0 Å². The number of benzene rings is 2. The first kappa shape index (κ1) is 22.9. The number of carbonyl (C=O) groups is 2. The number of fused-ring (bicyclic) bond motifs is 1. The van der Waals surface area contributed by atoms with Crippen LogP contribution in [0.3, 0.4) is 0 Å². The number of sulfone groups is 1. The van der Waals surface area contributed by atoms with Crippen molar-refractivity contribution >= 4 is 43.3 Å². The van der Waals surface area contributed by atoms with Crippen LogP contribution in [0, 0.1) is 0 Å². The van der Waals surface area contributed by atoms with Gasteiger partial charge in [-0.3, -0.25) is 4.79 Å². The van der Waals surface area contributed by atoms with Crippen LogP contribution in [-0.2, 0) is 25.9 Å². The van der Waals surface area contributed by atoms with E-state index in [0.29, 0.717) is 30.1 Å². The molecule has 1 aromatic heterocycles. The van der Waals surface area contributed by atoms with E-state index < -0.39 is 21.7 Å². The Bertz CT molecular complexity index is 1300. The van der Waals surface area contributed by atoms with E-state index in [1.165, 1.54) is 30.6 Å². The average Bonchev–Trinajstić information content (AvgIpc) is 3.09. The molecule has 31 heavy (non-hydrogen) atoms. The Morgan fingerprint density at radius 2 is 1.90 bits per heavy atom. The molecule has 3 rings (SSSR count). The van der Waals surface area contributed by atoms with Gasteiger partial charge in [-0.05, 0) is 37.3 Å². The van der Waals surface area contributed by atoms with E-state index in [4.69, 9.17) is 9.47 Å². The van der Waals surface area contributed by atoms with Crippen LogP contribution in [0.25, 0.3) is 10.2 Å². The van der Waals surface area contributed by atoms with Crippen LogP contribution in [0.4, 0.5) is 0 Å². The van der Waals surface area contributed by atoms with Gasteiger partial charge in [0.25, 0.3) is 5.91 Å². The minimum absolute atomic E-state index is 0.00839. The molecule has 1 heterocycles. The Balaban J connectivity index is 2.15. The van der Waals surface area contributed by atoms with Gasteiger partial charge in [-0.25, -0.2) is 13.2 Å². The molecule has 0 fully saturated rings. The fraction of sp³-hybridized carbons (Fsp3) is 0.286. The Labute approximate surface area is 183 Å². The molecule has 164 valence electrons. The number of methoxy groups -OCH3 is 1. The highest BCUT2D eigenvalue weighted by Crippen LogP contribution is 2.21. The normalized spacial score (nSPS) is 12.3. The van der Waals surface area contributed by atoms with Crippen LogP contribution in [-0.4, -0.2) is 51.4 Å². The van der Waals surface area contributed by atoms with Crippen molar-refractivity contribution in [3.8, 4) is 0 Å². The van der Waals surface area contributed by atoms with E-state index in [0.717, 1.165) is 16.5 Å². The summed E-state index contributed by atoms with van der Waals surface area (Å²) in [5, 5.41) is 0. The van der Waals surface area contributed by atoms with Gasteiger partial charge in [0, 0.05) is 19.4 Å². The molecule has 0 atom stereocenters. The molecule has 2 aromatic carbocycles. The zero-order valence-electron chi connectivity index (χ0n) is 17.3. The SMILES string of the molecule is CCOCCn1c(=NC(=O)c2ccccc2S(C)(=O)=O)sc2cc(C(=O)OC)ccc21. The monoisotopic (exact) mass is 462 g/mol. The lowest BCUT2D eigenvalue weighted by molar-refractivity contribution is 0.0600. The van der Waals surface area contributed by atoms with Crippen molar-refractivity contribution in [2.45, 2.75) is 18.4 Å². The number of hydrogen-bond acceptors (Lipinski definition) is 7. The Morgan fingerprint density at radius 3 is 2.58 bits per heavy atom. The number of esters is 1. The summed E-state index contributed by atoms with van der Waals surface area (Å²) in [6, 6.07) is 11.1. The van der Waals surface area contributed by atoms with Crippen molar-refractivity contribution < 1.29 is 27.5 Å². The highest BCUT2D eigenvalue weighted by atomic mass is 32.2. The number of hydrogen-bond donors (Lipinski definition) is 0. The molecule has 0 aliphatic heterocycles. The molecule has 0 saturated carbocycles. The molecule has 0 unspecified atom stereocenters. The fourth-order valence-corrected chi connectivity index (χ4v) is 5.01. The van der Waals surface area contributed by atoms with Gasteiger partial charge in [-0.1, -0.05) is 23.5 Å². The molecule has 3 aromatic rings. The lowest BCUT2D eigenvalue weighted by Crippen LogP contribution is -2.20. The lowest BCUT2D eigenvalue weighted by Gasteiger charge is -2.06. The zero-order chi connectivity index (χ0) is 22.6. The predicted molar refractivity (Wildman–Crippen MR) is 117 cm³/mol. The molecule has 0 bridgehead atoms. The number of thiazole rings is 1. The number of nitrogens with zero attached hydrogens (tertiary/aromatic N) is 2. The Hall–Kier alpha value is -2.82. The number of amides is 1. The van der Waals surface area contributed by atoms with Crippen molar-refractivity contribution in [1.29, 1.82) is 0 Å². The third-order valence-electron chi connectivity index (χ3n) is 4.48. The van der Waals surface area contributed by atoms with Gasteiger partial charge in [0.2, 0.25) is 0 Å². The van der Waals surface area contributed by atoms with Gasteiger partial charge in [0.05, 0.1) is 40.0 Å². The average molecular weight is 463 g/mol. The highest BCUT2D eigenvalue weighted by molar-refractivity contribution is 7.90. The van der Waals surface area contributed by atoms with Crippen LogP contribution in [0.15, 0.2) is 52.4 Å². The van der Waals surface area contributed by atoms with Crippen molar-refractivity contribution in [2.75, 3.05) is 26.6 Å². The molecular formula is C21H22N2O6S2. The summed E-state index contributed by atoms with van der Waals surface area (Å²) >= 11 is 1.22. The van der Waals surface area contributed by atoms with Gasteiger partial charge >= 0.3 is 5.97 Å². The maximum Gasteiger partial charge on any atom is 0.337 e. The molecule has 0 aliphatic carbocycles. The van der Waals surface area contributed by atoms with Crippen molar-refractivity contribution in [1.82, 2.24) is 4.57 Å². The van der Waals surface area contributed by atoms with Crippen molar-refractivity contribution in [2.24, 2.45) is 4.99 Å². The van der Waals surface area contributed by atoms with Crippen molar-refractivity contribution in [3.05, 3.63) is 58.4 Å². The largest absolute Gasteiger partial charge is 0.465 e. The number of ether oxygens (including phenoxy) is 2. The molecular weight excluding hydrogens is 440 g/mol. The summed E-state index contributed by atoms with van der Waals surface area (Å²) < 4.78 is 36.9. The second-order valence-corrected chi connectivity index (χ2v) is 9.59. The highest BCUT2D eigenvalue weighted by Gasteiger charge is 2.19. The van der Waals surface area contributed by atoms with Gasteiger partial charge < -0.3 is 14.0 Å². The lowest BCUT2D eigenvalue weighted by atomic mass is 10.2. The molecule has 0 saturated heterocycles. The zero-order valence-corrected chi connectivity index (χ0v) is 19.0. The Morgan fingerprint density at radius 1 is 1.16 bits per heavy atom. The quantitative estimate of drug-likeness (QED) is 0.395. The number of aromatic nitrogens is 1. The second-order valence-electron chi connectivity index (χ2n) is 6.59. The minimum Gasteiger partial charge on any atom is -0.465 e. The first-order valence-corrected chi connectivity index (χ1v) is 12.1. The standard InChI is InChI=1S/C21H22N2O6S2/c1-4-29-12-11-23-16-10-9-14(20(25)28-2)13-17(16)30-21(23)22-19(24)15-7-5-6-8-18(15)31(3,26)27/h5-10,13H,4,11-12H2,1-3H3. The Kier molecular flexibility index (Phi) is 7.04. The fourth-order valence-electron chi connectivity index (χ4n) is 3.03. The van der Waals surface area contributed by atoms with Crippen LogP contribution in [0.1, 0.15) is 27.6 Å². The molecule has 0 aliphatic rings. The molecule has 1 amide bonds. The van der Waals surface area contributed by atoms with Crippen LogP contribution >= 0.6 is 11.3 Å². The van der Waals surface area contributed by atoms with E-state index in [1.807, 2.05) is 11.5 Å². The van der Waals surface area contributed by atoms with E-state index >= 15 is 0 Å². The summed E-state index contributed by atoms with van der Waals surface area (Å²) in [6.45, 7) is 3.27. The summed E-state index contributed by atoms with van der Waals surface area (Å²) in [5.41, 5.74) is 1.17. The molecule has 10 heteroatoms. The molecule has 0 N–H and O–H groups in total. The topological polar surface area (TPSA) is 104 Å². The van der Waals surface area contributed by atoms with Crippen LogP contribution in [0.5, 0.6) is 0 Å². The number of carbonyl (C=O) groups excluding carboxylic acids is 2. The first-order chi connectivity index (χ1) is 14.8. The third-order valence-corrected chi connectivity index (χ3v) is 6.68. The summed E-state index contributed by atoms with van der Waals surface area (Å²) in [4.78, 5) is 29.3. The minimum atomic E-state index is -3.60. The number of rotatable bonds is 7. The molecule has 0 radical (unpaired) electrons. The molecule has 0 spiro atoms.